The topological polar surface area (TPSA) is 124 Å². The molecule has 1 aromatic carbocycles. The lowest BCUT2D eigenvalue weighted by molar-refractivity contribution is -0.384. The van der Waals surface area contributed by atoms with Gasteiger partial charge in [0.1, 0.15) is 5.69 Å². The third-order valence-corrected chi connectivity index (χ3v) is 3.05. The van der Waals surface area contributed by atoms with Gasteiger partial charge in [0.25, 0.3) is 17.5 Å². The Morgan fingerprint density at radius 2 is 2.08 bits per heavy atom. The molecule has 0 saturated carbocycles. The van der Waals surface area contributed by atoms with Crippen molar-refractivity contribution in [2.24, 2.45) is 0 Å². The third kappa shape index (κ3) is 4.10. The van der Waals surface area contributed by atoms with E-state index in [9.17, 15) is 14.9 Å². The van der Waals surface area contributed by atoms with E-state index in [1.54, 1.807) is 30.5 Å². The molecule has 2 heterocycles. The summed E-state index contributed by atoms with van der Waals surface area (Å²) in [6.07, 6.45) is 4.24. The van der Waals surface area contributed by atoms with Crippen LogP contribution in [0.1, 0.15) is 5.56 Å². The SMILES string of the molecule is O=C(/C=C/c1cccc([N+](=O)[O-])c1)Nc1nnc(-c2ccccn2)o1. The van der Waals surface area contributed by atoms with Crippen molar-refractivity contribution in [2.45, 2.75) is 0 Å². The standard InChI is InChI=1S/C16H11N5O4/c22-14(8-7-11-4-3-5-12(10-11)21(23)24)18-16-20-19-15(25-16)13-6-1-2-9-17-13/h1-10H,(H,18,20,22)/b8-7+. The molecule has 3 rings (SSSR count). The fourth-order valence-electron chi connectivity index (χ4n) is 1.93. The highest BCUT2D eigenvalue weighted by Crippen LogP contribution is 2.17. The first kappa shape index (κ1) is 16.0. The normalized spacial score (nSPS) is 10.7. The molecule has 1 amide bonds. The number of aromatic nitrogens is 3. The second kappa shape index (κ2) is 7.13. The minimum Gasteiger partial charge on any atom is -0.401 e. The van der Waals surface area contributed by atoms with Gasteiger partial charge in [-0.2, -0.15) is 0 Å². The Labute approximate surface area is 141 Å². The lowest BCUT2D eigenvalue weighted by Crippen LogP contribution is -2.07. The summed E-state index contributed by atoms with van der Waals surface area (Å²) in [6.45, 7) is 0. The van der Waals surface area contributed by atoms with E-state index in [1.807, 2.05) is 0 Å². The van der Waals surface area contributed by atoms with E-state index < -0.39 is 10.8 Å². The molecule has 124 valence electrons. The number of hydrogen-bond donors (Lipinski definition) is 1. The summed E-state index contributed by atoms with van der Waals surface area (Å²) in [7, 11) is 0. The third-order valence-electron chi connectivity index (χ3n) is 3.05. The Balaban J connectivity index is 1.66. The molecule has 25 heavy (non-hydrogen) atoms. The van der Waals surface area contributed by atoms with Gasteiger partial charge < -0.3 is 4.42 Å². The van der Waals surface area contributed by atoms with Crippen molar-refractivity contribution in [1.29, 1.82) is 0 Å². The van der Waals surface area contributed by atoms with Gasteiger partial charge in [-0.3, -0.25) is 25.2 Å². The quantitative estimate of drug-likeness (QED) is 0.431. The van der Waals surface area contributed by atoms with Crippen LogP contribution in [0.3, 0.4) is 0 Å². The Bertz CT molecular complexity index is 936. The summed E-state index contributed by atoms with van der Waals surface area (Å²) >= 11 is 0. The van der Waals surface area contributed by atoms with Crippen molar-refractivity contribution in [3.05, 3.63) is 70.4 Å². The van der Waals surface area contributed by atoms with Crippen LogP contribution in [-0.4, -0.2) is 26.0 Å². The van der Waals surface area contributed by atoms with E-state index in [2.05, 4.69) is 20.5 Å². The number of rotatable bonds is 5. The van der Waals surface area contributed by atoms with Crippen LogP contribution in [0.15, 0.2) is 59.2 Å². The smallest absolute Gasteiger partial charge is 0.322 e. The van der Waals surface area contributed by atoms with Gasteiger partial charge in [0.05, 0.1) is 4.92 Å². The first-order chi connectivity index (χ1) is 12.1. The molecule has 9 nitrogen and oxygen atoms in total. The molecule has 0 aliphatic carbocycles. The van der Waals surface area contributed by atoms with Crippen LogP contribution in [0.2, 0.25) is 0 Å². The van der Waals surface area contributed by atoms with Gasteiger partial charge in [-0.15, -0.1) is 5.10 Å². The summed E-state index contributed by atoms with van der Waals surface area (Å²) in [5.41, 5.74) is 0.950. The summed E-state index contributed by atoms with van der Waals surface area (Å²) in [5, 5.41) is 20.6. The number of hydrogen-bond acceptors (Lipinski definition) is 7. The van der Waals surface area contributed by atoms with Gasteiger partial charge in [-0.25, -0.2) is 0 Å². The van der Waals surface area contributed by atoms with Gasteiger partial charge in [-0.05, 0) is 23.8 Å². The van der Waals surface area contributed by atoms with Crippen molar-refractivity contribution < 1.29 is 14.1 Å². The minimum atomic E-state index is -0.511. The Morgan fingerprint density at radius 1 is 1.20 bits per heavy atom. The zero-order valence-corrected chi connectivity index (χ0v) is 12.7. The van der Waals surface area contributed by atoms with Gasteiger partial charge in [0, 0.05) is 24.4 Å². The van der Waals surface area contributed by atoms with Crippen LogP contribution in [0.4, 0.5) is 11.7 Å². The fourth-order valence-corrected chi connectivity index (χ4v) is 1.93. The van der Waals surface area contributed by atoms with E-state index in [4.69, 9.17) is 4.42 Å². The number of nitrogens with zero attached hydrogens (tertiary/aromatic N) is 4. The van der Waals surface area contributed by atoms with E-state index in [0.29, 0.717) is 11.3 Å². The van der Waals surface area contributed by atoms with E-state index in [1.165, 1.54) is 30.4 Å². The summed E-state index contributed by atoms with van der Waals surface area (Å²) < 4.78 is 5.30. The van der Waals surface area contributed by atoms with Crippen molar-refractivity contribution in [1.82, 2.24) is 15.2 Å². The Kier molecular flexibility index (Phi) is 4.56. The van der Waals surface area contributed by atoms with Gasteiger partial charge >= 0.3 is 6.01 Å². The predicted octanol–water partition coefficient (Wildman–Crippen LogP) is 2.69. The molecule has 0 aliphatic rings. The molecular formula is C16H11N5O4. The largest absolute Gasteiger partial charge is 0.401 e. The molecule has 0 atom stereocenters. The average Bonchev–Trinajstić information content (AvgIpc) is 3.09. The van der Waals surface area contributed by atoms with E-state index in [0.717, 1.165) is 0 Å². The van der Waals surface area contributed by atoms with Crippen molar-refractivity contribution >= 4 is 23.7 Å². The molecule has 3 aromatic rings. The van der Waals surface area contributed by atoms with Crippen LogP contribution in [-0.2, 0) is 4.79 Å². The molecule has 0 spiro atoms. The van der Waals surface area contributed by atoms with Crippen LogP contribution < -0.4 is 5.32 Å². The van der Waals surface area contributed by atoms with Gasteiger partial charge in [0.15, 0.2) is 0 Å². The van der Waals surface area contributed by atoms with Gasteiger partial charge in [-0.1, -0.05) is 23.3 Å². The van der Waals surface area contributed by atoms with Crippen molar-refractivity contribution in [2.75, 3.05) is 5.32 Å². The molecule has 0 saturated heterocycles. The van der Waals surface area contributed by atoms with Crippen LogP contribution in [0.25, 0.3) is 17.7 Å². The minimum absolute atomic E-state index is 0.0561. The van der Waals surface area contributed by atoms with Crippen molar-refractivity contribution in [3.63, 3.8) is 0 Å². The number of pyridine rings is 1. The van der Waals surface area contributed by atoms with Crippen LogP contribution in [0, 0.1) is 10.1 Å². The molecule has 1 N–H and O–H groups in total. The molecule has 0 unspecified atom stereocenters. The highest BCUT2D eigenvalue weighted by molar-refractivity contribution is 6.00. The van der Waals surface area contributed by atoms with Gasteiger partial charge in [0.2, 0.25) is 0 Å². The Hall–Kier alpha value is -3.88. The zero-order valence-electron chi connectivity index (χ0n) is 12.7. The van der Waals surface area contributed by atoms with Crippen LogP contribution >= 0.6 is 0 Å². The van der Waals surface area contributed by atoms with E-state index in [-0.39, 0.29) is 17.6 Å². The summed E-state index contributed by atoms with van der Waals surface area (Å²) in [4.78, 5) is 26.2. The first-order valence-electron chi connectivity index (χ1n) is 7.10. The maximum atomic E-state index is 11.9. The first-order valence-corrected chi connectivity index (χ1v) is 7.10. The lowest BCUT2D eigenvalue weighted by Gasteiger charge is -1.96. The second-order valence-corrected chi connectivity index (χ2v) is 4.80. The Morgan fingerprint density at radius 3 is 2.84 bits per heavy atom. The van der Waals surface area contributed by atoms with E-state index >= 15 is 0 Å². The monoisotopic (exact) mass is 337 g/mol. The predicted molar refractivity (Wildman–Crippen MR) is 88.3 cm³/mol. The highest BCUT2D eigenvalue weighted by atomic mass is 16.6. The maximum absolute atomic E-state index is 11.9. The molecule has 9 heteroatoms. The molecule has 2 aromatic heterocycles. The number of non-ortho nitro benzene ring substituents is 1. The fraction of sp³-hybridized carbons (Fsp3) is 0. The number of amides is 1. The number of anilines is 1. The zero-order chi connectivity index (χ0) is 17.6. The highest BCUT2D eigenvalue weighted by Gasteiger charge is 2.10. The average molecular weight is 337 g/mol. The lowest BCUT2D eigenvalue weighted by atomic mass is 10.2. The molecule has 0 radical (unpaired) electrons. The molecule has 0 bridgehead atoms. The number of nitro groups is 1. The number of carbonyl (C=O) groups excluding carboxylic acids is 1. The number of nitro benzene ring substituents is 1. The summed E-state index contributed by atoms with van der Waals surface area (Å²) in [6, 6.07) is 11.0. The summed E-state index contributed by atoms with van der Waals surface area (Å²) in [5.74, 6) is -0.332. The number of benzene rings is 1. The van der Waals surface area contributed by atoms with Crippen LogP contribution in [0.5, 0.6) is 0 Å². The number of nitrogens with one attached hydrogen (secondary N) is 1. The molecular weight excluding hydrogens is 326 g/mol. The maximum Gasteiger partial charge on any atom is 0.322 e. The molecule has 0 fully saturated rings. The number of carbonyl (C=O) groups is 1. The molecule has 0 aliphatic heterocycles. The second-order valence-electron chi connectivity index (χ2n) is 4.80. The van der Waals surface area contributed by atoms with Crippen molar-refractivity contribution in [3.8, 4) is 11.6 Å².